The van der Waals surface area contributed by atoms with Gasteiger partial charge in [-0.3, -0.25) is 0 Å². The summed E-state index contributed by atoms with van der Waals surface area (Å²) in [6.45, 7) is 0.382. The van der Waals surface area contributed by atoms with Crippen molar-refractivity contribution in [2.45, 2.75) is 11.1 Å². The van der Waals surface area contributed by atoms with Gasteiger partial charge in [-0.1, -0.05) is 18.2 Å². The second-order valence-corrected chi connectivity index (χ2v) is 8.25. The number of nitrogens with zero attached hydrogens (tertiary/aromatic N) is 4. The highest BCUT2D eigenvalue weighted by atomic mass is 32.2. The Morgan fingerprint density at radius 1 is 0.929 bits per heavy atom. The largest absolute Gasteiger partial charge is 0.416 e. The van der Waals surface area contributed by atoms with Crippen molar-refractivity contribution in [2.24, 2.45) is 0 Å². The predicted molar refractivity (Wildman–Crippen MR) is 98.8 cm³/mol. The Labute approximate surface area is 159 Å². The van der Waals surface area contributed by atoms with Crippen molar-refractivity contribution in [2.75, 3.05) is 29.3 Å². The first-order chi connectivity index (χ1) is 13.2. The van der Waals surface area contributed by atoms with Crippen LogP contribution in [0.15, 0.2) is 53.4 Å². The number of halogens is 3. The molecule has 10 heteroatoms. The molecule has 1 aliphatic rings. The molecule has 0 N–H and O–H groups in total. The van der Waals surface area contributed by atoms with Crippen LogP contribution < -0.4 is 9.21 Å². The topological polar surface area (TPSA) is 66.4 Å². The van der Waals surface area contributed by atoms with Gasteiger partial charge in [0.15, 0.2) is 11.6 Å². The summed E-state index contributed by atoms with van der Waals surface area (Å²) in [5.74, 6) is 0.463. The standard InChI is InChI=1S/C18H15F3N4O2S/c1-24-9-10-25(17-16(24)22-14-7-2-3-8-15(14)23-17)28(26,27)13-6-4-5-12(11-13)18(19,20)21/h2-8,11H,9-10H2,1H3. The summed E-state index contributed by atoms with van der Waals surface area (Å²) >= 11 is 0. The highest BCUT2D eigenvalue weighted by Gasteiger charge is 2.36. The summed E-state index contributed by atoms with van der Waals surface area (Å²) in [7, 11) is -2.49. The fraction of sp³-hybridized carbons (Fsp3) is 0.222. The Bertz CT molecular complexity index is 1160. The van der Waals surface area contributed by atoms with Gasteiger partial charge in [-0.25, -0.2) is 22.7 Å². The van der Waals surface area contributed by atoms with Crippen LogP contribution in [0.1, 0.15) is 5.56 Å². The molecular weight excluding hydrogens is 393 g/mol. The molecule has 2 heterocycles. The number of likely N-dealkylation sites (N-methyl/N-ethyl adjacent to an activating group) is 1. The molecule has 6 nitrogen and oxygen atoms in total. The van der Waals surface area contributed by atoms with E-state index in [-0.39, 0.29) is 12.4 Å². The Kier molecular flexibility index (Phi) is 4.18. The molecule has 0 spiro atoms. The van der Waals surface area contributed by atoms with Crippen molar-refractivity contribution in [3.05, 3.63) is 54.1 Å². The van der Waals surface area contributed by atoms with E-state index in [9.17, 15) is 21.6 Å². The number of para-hydroxylation sites is 2. The summed E-state index contributed by atoms with van der Waals surface area (Å²) < 4.78 is 66.4. The lowest BCUT2D eigenvalue weighted by Crippen LogP contribution is -2.43. The Morgan fingerprint density at radius 3 is 2.21 bits per heavy atom. The van der Waals surface area contributed by atoms with Crippen molar-refractivity contribution in [1.82, 2.24) is 9.97 Å². The maximum Gasteiger partial charge on any atom is 0.416 e. The van der Waals surface area contributed by atoms with Crippen LogP contribution >= 0.6 is 0 Å². The number of anilines is 2. The number of fused-ring (bicyclic) bond motifs is 2. The van der Waals surface area contributed by atoms with Crippen LogP contribution in [0.25, 0.3) is 11.0 Å². The number of benzene rings is 2. The molecule has 2 aromatic carbocycles. The zero-order valence-corrected chi connectivity index (χ0v) is 15.5. The molecule has 0 aliphatic carbocycles. The molecule has 28 heavy (non-hydrogen) atoms. The van der Waals surface area contributed by atoms with Gasteiger partial charge in [0.25, 0.3) is 10.0 Å². The normalized spacial score (nSPS) is 15.0. The summed E-state index contributed by atoms with van der Waals surface area (Å²) in [5, 5.41) is 0. The lowest BCUT2D eigenvalue weighted by Gasteiger charge is -2.34. The van der Waals surface area contributed by atoms with Crippen molar-refractivity contribution in [3.63, 3.8) is 0 Å². The fourth-order valence-corrected chi connectivity index (χ4v) is 4.50. The van der Waals surface area contributed by atoms with E-state index in [4.69, 9.17) is 0 Å². The molecule has 0 atom stereocenters. The first kappa shape index (κ1) is 18.5. The van der Waals surface area contributed by atoms with Gasteiger partial charge in [-0.05, 0) is 30.3 Å². The van der Waals surface area contributed by atoms with E-state index in [1.807, 2.05) is 0 Å². The molecule has 0 saturated carbocycles. The number of aromatic nitrogens is 2. The van der Waals surface area contributed by atoms with Crippen LogP contribution in [0.4, 0.5) is 24.8 Å². The molecule has 3 aromatic rings. The highest BCUT2D eigenvalue weighted by Crippen LogP contribution is 2.36. The average Bonchev–Trinajstić information content (AvgIpc) is 2.66. The van der Waals surface area contributed by atoms with E-state index in [1.165, 1.54) is 0 Å². The van der Waals surface area contributed by atoms with E-state index in [1.54, 1.807) is 36.2 Å². The van der Waals surface area contributed by atoms with E-state index < -0.39 is 26.7 Å². The van der Waals surface area contributed by atoms with Crippen LogP contribution in [0.5, 0.6) is 0 Å². The Morgan fingerprint density at radius 2 is 1.57 bits per heavy atom. The van der Waals surface area contributed by atoms with Gasteiger partial charge < -0.3 is 4.90 Å². The van der Waals surface area contributed by atoms with Gasteiger partial charge in [0.05, 0.1) is 28.0 Å². The van der Waals surface area contributed by atoms with Gasteiger partial charge in [-0.2, -0.15) is 13.2 Å². The van der Waals surface area contributed by atoms with Crippen LogP contribution in [-0.4, -0.2) is 38.5 Å². The molecule has 1 aliphatic heterocycles. The summed E-state index contributed by atoms with van der Waals surface area (Å²) in [4.78, 5) is 10.3. The zero-order valence-electron chi connectivity index (χ0n) is 14.7. The van der Waals surface area contributed by atoms with Gasteiger partial charge >= 0.3 is 6.18 Å². The third-order valence-electron chi connectivity index (χ3n) is 4.52. The van der Waals surface area contributed by atoms with E-state index in [0.717, 1.165) is 22.5 Å². The molecular formula is C18H15F3N4O2S. The summed E-state index contributed by atoms with van der Waals surface area (Å²) in [5.41, 5.74) is 0.0831. The van der Waals surface area contributed by atoms with Gasteiger partial charge in [-0.15, -0.1) is 0 Å². The highest BCUT2D eigenvalue weighted by molar-refractivity contribution is 7.92. The number of hydrogen-bond donors (Lipinski definition) is 0. The van der Waals surface area contributed by atoms with Gasteiger partial charge in [0, 0.05) is 13.6 Å². The zero-order chi connectivity index (χ0) is 20.1. The maximum atomic E-state index is 13.1. The monoisotopic (exact) mass is 408 g/mol. The van der Waals surface area contributed by atoms with E-state index in [0.29, 0.717) is 29.5 Å². The molecule has 4 rings (SSSR count). The number of alkyl halides is 3. The van der Waals surface area contributed by atoms with Crippen LogP contribution in [0.2, 0.25) is 0 Å². The lowest BCUT2D eigenvalue weighted by atomic mass is 10.2. The molecule has 1 aromatic heterocycles. The molecule has 0 radical (unpaired) electrons. The summed E-state index contributed by atoms with van der Waals surface area (Å²) in [6, 6.07) is 10.7. The third kappa shape index (κ3) is 3.03. The Balaban J connectivity index is 1.86. The second kappa shape index (κ2) is 6.33. The van der Waals surface area contributed by atoms with Crippen LogP contribution in [0, 0.1) is 0 Å². The molecule has 0 saturated heterocycles. The quantitative estimate of drug-likeness (QED) is 0.651. The first-order valence-electron chi connectivity index (χ1n) is 8.36. The molecule has 0 fully saturated rings. The van der Waals surface area contributed by atoms with Crippen molar-refractivity contribution in [3.8, 4) is 0 Å². The first-order valence-corrected chi connectivity index (χ1v) is 9.80. The number of sulfonamides is 1. The van der Waals surface area contributed by atoms with Crippen LogP contribution in [0.3, 0.4) is 0 Å². The van der Waals surface area contributed by atoms with Crippen molar-refractivity contribution < 1.29 is 21.6 Å². The smallest absolute Gasteiger partial charge is 0.355 e. The SMILES string of the molecule is CN1CCN(S(=O)(=O)c2cccc(C(F)(F)F)c2)c2nc3ccccc3nc21. The molecule has 0 bridgehead atoms. The minimum atomic E-state index is -4.64. The van der Waals surface area contributed by atoms with Crippen LogP contribution in [-0.2, 0) is 16.2 Å². The minimum absolute atomic E-state index is 0.0507. The second-order valence-electron chi connectivity index (χ2n) is 6.38. The van der Waals surface area contributed by atoms with Crippen molar-refractivity contribution >= 4 is 32.7 Å². The van der Waals surface area contributed by atoms with Gasteiger partial charge in [0.1, 0.15) is 0 Å². The van der Waals surface area contributed by atoms with E-state index in [2.05, 4.69) is 9.97 Å². The minimum Gasteiger partial charge on any atom is -0.355 e. The molecule has 146 valence electrons. The van der Waals surface area contributed by atoms with Gasteiger partial charge in [0.2, 0.25) is 0 Å². The summed E-state index contributed by atoms with van der Waals surface area (Å²) in [6.07, 6.45) is -4.64. The molecule has 0 unspecified atom stereocenters. The Hall–Kier alpha value is -2.88. The lowest BCUT2D eigenvalue weighted by molar-refractivity contribution is -0.137. The predicted octanol–water partition coefficient (Wildman–Crippen LogP) is 3.29. The third-order valence-corrected chi connectivity index (χ3v) is 6.31. The number of rotatable bonds is 2. The number of hydrogen-bond acceptors (Lipinski definition) is 5. The average molecular weight is 408 g/mol. The fourth-order valence-electron chi connectivity index (χ4n) is 3.05. The molecule has 0 amide bonds. The van der Waals surface area contributed by atoms with Crippen molar-refractivity contribution in [1.29, 1.82) is 0 Å². The maximum absolute atomic E-state index is 13.1. The van der Waals surface area contributed by atoms with E-state index >= 15 is 0 Å².